The number of aromatic nitrogens is 1. The van der Waals surface area contributed by atoms with Gasteiger partial charge in [-0.2, -0.15) is 5.26 Å². The number of nitrogens with zero attached hydrogens (tertiary/aromatic N) is 3. The summed E-state index contributed by atoms with van der Waals surface area (Å²) in [5.74, 6) is 1.78. The maximum Gasteiger partial charge on any atom is 0.322 e. The number of amides is 2. The van der Waals surface area contributed by atoms with Gasteiger partial charge in [0.2, 0.25) is 0 Å². The lowest BCUT2D eigenvalue weighted by Gasteiger charge is -2.27. The predicted octanol–water partition coefficient (Wildman–Crippen LogP) is 3.65. The third-order valence-corrected chi connectivity index (χ3v) is 5.83. The van der Waals surface area contributed by atoms with E-state index in [9.17, 15) is 10.1 Å². The molecule has 8 heteroatoms. The fourth-order valence-electron chi connectivity index (χ4n) is 3.96. The fraction of sp³-hybridized carbons (Fsp3) is 0.320. The van der Waals surface area contributed by atoms with Gasteiger partial charge < -0.3 is 19.5 Å². The molecule has 0 saturated heterocycles. The zero-order chi connectivity index (χ0) is 22.8. The number of allylic oxidation sites excluding steroid dienone is 1. The second-order valence-corrected chi connectivity index (χ2v) is 8.20. The molecule has 2 atom stereocenters. The molecular formula is C25H24N4O4. The average Bonchev–Trinajstić information content (AvgIpc) is 3.54. The standard InChI is InChI=1S/C25H24N4O4/c1-31-10-11-32-24-14-21-20(13-17(24)15-26)23(6-8-27-21)33-19-4-5-22-16(12-19)7-9-29(22)25(30)28-18-2-3-18/h4-9,12-14,16,18,22H,2-3,10-11H2,1H3,(H,28,30). The van der Waals surface area contributed by atoms with Crippen molar-refractivity contribution in [3.8, 4) is 17.6 Å². The molecule has 5 rings (SSSR count). The van der Waals surface area contributed by atoms with Gasteiger partial charge in [-0.25, -0.2) is 4.79 Å². The molecule has 1 saturated carbocycles. The van der Waals surface area contributed by atoms with Crippen LogP contribution in [0.25, 0.3) is 10.9 Å². The van der Waals surface area contributed by atoms with E-state index in [0.29, 0.717) is 47.6 Å². The molecule has 1 N–H and O–H groups in total. The number of fused-ring (bicyclic) bond motifs is 2. The molecule has 1 aliphatic heterocycles. The molecule has 1 aromatic heterocycles. The van der Waals surface area contributed by atoms with Gasteiger partial charge in [0.05, 0.1) is 23.7 Å². The van der Waals surface area contributed by atoms with Crippen molar-refractivity contribution in [1.29, 1.82) is 5.26 Å². The van der Waals surface area contributed by atoms with Gasteiger partial charge in [-0.3, -0.25) is 9.88 Å². The minimum atomic E-state index is -0.0589. The highest BCUT2D eigenvalue weighted by atomic mass is 16.5. The first-order valence-corrected chi connectivity index (χ1v) is 11.0. The zero-order valence-electron chi connectivity index (χ0n) is 18.2. The Morgan fingerprint density at radius 2 is 2.15 bits per heavy atom. The van der Waals surface area contributed by atoms with Crippen molar-refractivity contribution in [2.45, 2.75) is 24.9 Å². The Morgan fingerprint density at radius 3 is 2.94 bits per heavy atom. The van der Waals surface area contributed by atoms with Crippen molar-refractivity contribution >= 4 is 16.9 Å². The van der Waals surface area contributed by atoms with Crippen LogP contribution in [-0.2, 0) is 4.74 Å². The zero-order valence-corrected chi connectivity index (χ0v) is 18.2. The first kappa shape index (κ1) is 21.0. The minimum absolute atomic E-state index is 0.0403. The van der Waals surface area contributed by atoms with Crippen LogP contribution in [0.2, 0.25) is 0 Å². The molecule has 2 aliphatic carbocycles. The van der Waals surface area contributed by atoms with Gasteiger partial charge in [0, 0.05) is 42.9 Å². The molecular weight excluding hydrogens is 420 g/mol. The molecule has 2 heterocycles. The maximum absolute atomic E-state index is 12.5. The molecule has 0 bridgehead atoms. The molecule has 0 radical (unpaired) electrons. The van der Waals surface area contributed by atoms with Crippen LogP contribution in [0.5, 0.6) is 11.5 Å². The predicted molar refractivity (Wildman–Crippen MR) is 121 cm³/mol. The number of benzene rings is 1. The van der Waals surface area contributed by atoms with Gasteiger partial charge >= 0.3 is 6.03 Å². The number of nitrogens with one attached hydrogen (secondary N) is 1. The Kier molecular flexibility index (Phi) is 5.71. The Bertz CT molecular complexity index is 1210. The van der Waals surface area contributed by atoms with E-state index in [0.717, 1.165) is 18.2 Å². The Balaban J connectivity index is 1.34. The van der Waals surface area contributed by atoms with Gasteiger partial charge in [0.1, 0.15) is 29.9 Å². The first-order valence-electron chi connectivity index (χ1n) is 11.0. The summed E-state index contributed by atoms with van der Waals surface area (Å²) >= 11 is 0. The van der Waals surface area contributed by atoms with Crippen LogP contribution in [0.3, 0.4) is 0 Å². The average molecular weight is 444 g/mol. The minimum Gasteiger partial charge on any atom is -0.490 e. The highest BCUT2D eigenvalue weighted by Gasteiger charge is 2.34. The van der Waals surface area contributed by atoms with Crippen LogP contribution in [0.4, 0.5) is 4.79 Å². The van der Waals surface area contributed by atoms with E-state index in [2.05, 4.69) is 16.4 Å². The number of carbonyl (C=O) groups is 1. The number of hydrogen-bond donors (Lipinski definition) is 1. The van der Waals surface area contributed by atoms with Crippen molar-refractivity contribution in [1.82, 2.24) is 15.2 Å². The number of urea groups is 1. The topological polar surface area (TPSA) is 96.7 Å². The monoisotopic (exact) mass is 444 g/mol. The van der Waals surface area contributed by atoms with E-state index in [4.69, 9.17) is 14.2 Å². The number of pyridine rings is 1. The molecule has 3 aliphatic rings. The second-order valence-electron chi connectivity index (χ2n) is 8.20. The SMILES string of the molecule is COCCOc1cc2nccc(OC3=CC4C=CN(C(=O)NC5CC5)C4C=C3)c2cc1C#N. The quantitative estimate of drug-likeness (QED) is 0.655. The van der Waals surface area contributed by atoms with Crippen molar-refractivity contribution < 1.29 is 19.0 Å². The summed E-state index contributed by atoms with van der Waals surface area (Å²) in [7, 11) is 1.60. The third kappa shape index (κ3) is 4.41. The molecule has 1 aromatic carbocycles. The van der Waals surface area contributed by atoms with Crippen molar-refractivity contribution in [2.75, 3.05) is 20.3 Å². The van der Waals surface area contributed by atoms with Crippen molar-refractivity contribution in [2.24, 2.45) is 5.92 Å². The van der Waals surface area contributed by atoms with Gasteiger partial charge in [-0.1, -0.05) is 12.2 Å². The molecule has 8 nitrogen and oxygen atoms in total. The first-order chi connectivity index (χ1) is 16.2. The van der Waals surface area contributed by atoms with E-state index in [-0.39, 0.29) is 18.0 Å². The van der Waals surface area contributed by atoms with Gasteiger partial charge in [0.15, 0.2) is 0 Å². The summed E-state index contributed by atoms with van der Waals surface area (Å²) in [6.45, 7) is 0.770. The summed E-state index contributed by atoms with van der Waals surface area (Å²) in [6.07, 6.45) is 13.5. The molecule has 2 unspecified atom stereocenters. The lowest BCUT2D eigenvalue weighted by molar-refractivity contribution is 0.146. The molecule has 1 fully saturated rings. The summed E-state index contributed by atoms with van der Waals surface area (Å²) in [5, 5.41) is 13.3. The smallest absolute Gasteiger partial charge is 0.322 e. The van der Waals surface area contributed by atoms with E-state index < -0.39 is 0 Å². The number of rotatable bonds is 7. The number of methoxy groups -OCH3 is 1. The van der Waals surface area contributed by atoms with E-state index in [1.165, 1.54) is 0 Å². The van der Waals surface area contributed by atoms with Crippen molar-refractivity contribution in [3.63, 3.8) is 0 Å². The van der Waals surface area contributed by atoms with Gasteiger partial charge in [-0.15, -0.1) is 0 Å². The summed E-state index contributed by atoms with van der Waals surface area (Å²) < 4.78 is 16.9. The van der Waals surface area contributed by atoms with Crippen LogP contribution in [0.15, 0.2) is 60.7 Å². The van der Waals surface area contributed by atoms with Crippen molar-refractivity contribution in [3.05, 3.63) is 66.2 Å². The third-order valence-electron chi connectivity index (χ3n) is 5.83. The molecule has 2 aromatic rings. The fourth-order valence-corrected chi connectivity index (χ4v) is 3.96. The molecule has 0 spiro atoms. The molecule has 2 amide bonds. The number of hydrogen-bond acceptors (Lipinski definition) is 6. The Hall–Kier alpha value is -3.83. The summed E-state index contributed by atoms with van der Waals surface area (Å²) in [5.41, 5.74) is 1.07. The van der Waals surface area contributed by atoms with E-state index >= 15 is 0 Å². The second kappa shape index (κ2) is 8.96. The van der Waals surface area contributed by atoms with Crippen LogP contribution in [0.1, 0.15) is 18.4 Å². The lowest BCUT2D eigenvalue weighted by atomic mass is 9.96. The van der Waals surface area contributed by atoms with E-state index in [1.54, 1.807) is 36.4 Å². The summed E-state index contributed by atoms with van der Waals surface area (Å²) in [6, 6.07) is 7.63. The van der Waals surface area contributed by atoms with Gasteiger partial charge in [-0.05, 0) is 37.1 Å². The van der Waals surface area contributed by atoms with E-state index in [1.807, 2.05) is 30.5 Å². The van der Waals surface area contributed by atoms with Crippen LogP contribution in [-0.4, -0.2) is 48.3 Å². The lowest BCUT2D eigenvalue weighted by Crippen LogP contribution is -2.43. The Morgan fingerprint density at radius 1 is 1.27 bits per heavy atom. The number of ether oxygens (including phenoxy) is 3. The van der Waals surface area contributed by atoms with Crippen LogP contribution < -0.4 is 14.8 Å². The highest BCUT2D eigenvalue weighted by molar-refractivity contribution is 5.88. The largest absolute Gasteiger partial charge is 0.490 e. The van der Waals surface area contributed by atoms with Crippen LogP contribution >= 0.6 is 0 Å². The Labute approximate surface area is 191 Å². The number of nitriles is 1. The summed E-state index contributed by atoms with van der Waals surface area (Å²) in [4.78, 5) is 18.6. The van der Waals surface area contributed by atoms with Crippen LogP contribution in [0, 0.1) is 17.2 Å². The number of carbonyl (C=O) groups excluding carboxylic acids is 1. The van der Waals surface area contributed by atoms with Gasteiger partial charge in [0.25, 0.3) is 0 Å². The molecule has 168 valence electrons. The normalized spacial score (nSPS) is 20.8. The molecule has 33 heavy (non-hydrogen) atoms. The maximum atomic E-state index is 12.5. The highest BCUT2D eigenvalue weighted by Crippen LogP contribution is 2.34.